The van der Waals surface area contributed by atoms with E-state index < -0.39 is 10.0 Å². The molecule has 0 aliphatic heterocycles. The van der Waals surface area contributed by atoms with Gasteiger partial charge in [-0.15, -0.1) is 0 Å². The van der Waals surface area contributed by atoms with Crippen LogP contribution in [0.5, 0.6) is 0 Å². The Labute approximate surface area is 149 Å². The first-order valence-electron chi connectivity index (χ1n) is 8.51. The molecule has 7 nitrogen and oxygen atoms in total. The van der Waals surface area contributed by atoms with E-state index in [0.29, 0.717) is 19.5 Å². The van der Waals surface area contributed by atoms with Gasteiger partial charge in [0.15, 0.2) is 5.96 Å². The molecule has 1 aromatic heterocycles. The number of hydrogen-bond donors (Lipinski definition) is 4. The van der Waals surface area contributed by atoms with Crippen LogP contribution in [0.15, 0.2) is 35.5 Å². The van der Waals surface area contributed by atoms with Gasteiger partial charge in [-0.3, -0.25) is 4.99 Å². The lowest BCUT2D eigenvalue weighted by molar-refractivity contribution is 0.585. The van der Waals surface area contributed by atoms with Gasteiger partial charge in [-0.05, 0) is 31.4 Å². The molecule has 0 bridgehead atoms. The molecule has 0 aliphatic rings. The summed E-state index contributed by atoms with van der Waals surface area (Å²) in [7, 11) is -3.13. The first-order valence-corrected chi connectivity index (χ1v) is 10.4. The molecule has 1 heterocycles. The van der Waals surface area contributed by atoms with Gasteiger partial charge in [0, 0.05) is 43.3 Å². The molecule has 0 aliphatic carbocycles. The van der Waals surface area contributed by atoms with Gasteiger partial charge in [0.2, 0.25) is 10.0 Å². The molecule has 25 heavy (non-hydrogen) atoms. The summed E-state index contributed by atoms with van der Waals surface area (Å²) < 4.78 is 24.5. The van der Waals surface area contributed by atoms with E-state index in [2.05, 4.69) is 37.5 Å². The van der Waals surface area contributed by atoms with Crippen LogP contribution in [0.25, 0.3) is 10.9 Å². The fourth-order valence-corrected chi connectivity index (χ4v) is 3.04. The first-order chi connectivity index (χ1) is 12.0. The summed E-state index contributed by atoms with van der Waals surface area (Å²) >= 11 is 0. The Bertz CT molecular complexity index is 798. The topological polar surface area (TPSA) is 98.4 Å². The molecule has 1 aromatic carbocycles. The molecule has 4 N–H and O–H groups in total. The van der Waals surface area contributed by atoms with Crippen molar-refractivity contribution in [2.75, 3.05) is 32.4 Å². The number of aromatic nitrogens is 1. The summed E-state index contributed by atoms with van der Waals surface area (Å²) in [5.74, 6) is 0.752. The third-order valence-electron chi connectivity index (χ3n) is 3.67. The lowest BCUT2D eigenvalue weighted by Crippen LogP contribution is -2.38. The van der Waals surface area contributed by atoms with E-state index in [1.165, 1.54) is 10.9 Å². The number of fused-ring (bicyclic) bond motifs is 1. The van der Waals surface area contributed by atoms with Crippen LogP contribution >= 0.6 is 0 Å². The lowest BCUT2D eigenvalue weighted by atomic mass is 10.1. The number of sulfonamides is 1. The van der Waals surface area contributed by atoms with Crippen LogP contribution in [0, 0.1) is 0 Å². The largest absolute Gasteiger partial charge is 0.361 e. The highest BCUT2D eigenvalue weighted by Gasteiger charge is 2.03. The standard InChI is InChI=1S/C17H27N5O2S/c1-3-18-17(19-10-6-11-22-25(2,23)24)20-12-9-14-13-21-16-8-5-4-7-15(14)16/h4-5,7-8,13,21-22H,3,6,9-12H2,1-2H3,(H2,18,19,20). The highest BCUT2D eigenvalue weighted by molar-refractivity contribution is 7.88. The number of aliphatic imine (C=N–C) groups is 1. The minimum absolute atomic E-state index is 0.400. The predicted molar refractivity (Wildman–Crippen MR) is 103 cm³/mol. The molecular weight excluding hydrogens is 338 g/mol. The van der Waals surface area contributed by atoms with Gasteiger partial charge in [-0.2, -0.15) is 0 Å². The Kier molecular flexibility index (Phi) is 7.27. The minimum Gasteiger partial charge on any atom is -0.361 e. The molecular formula is C17H27N5O2S. The van der Waals surface area contributed by atoms with Crippen molar-refractivity contribution in [3.63, 3.8) is 0 Å². The zero-order valence-electron chi connectivity index (χ0n) is 14.8. The molecule has 8 heteroatoms. The number of benzene rings is 1. The van der Waals surface area contributed by atoms with E-state index in [1.54, 1.807) is 0 Å². The van der Waals surface area contributed by atoms with Gasteiger partial charge in [0.1, 0.15) is 0 Å². The van der Waals surface area contributed by atoms with Crippen LogP contribution < -0.4 is 15.4 Å². The minimum atomic E-state index is -3.13. The monoisotopic (exact) mass is 365 g/mol. The summed E-state index contributed by atoms with van der Waals surface area (Å²) in [5.41, 5.74) is 2.42. The smallest absolute Gasteiger partial charge is 0.208 e. The number of para-hydroxylation sites is 1. The molecule has 0 amide bonds. The van der Waals surface area contributed by atoms with E-state index >= 15 is 0 Å². The molecule has 0 saturated carbocycles. The maximum Gasteiger partial charge on any atom is 0.208 e. The Hall–Kier alpha value is -2.06. The number of hydrogen-bond acceptors (Lipinski definition) is 3. The van der Waals surface area contributed by atoms with Crippen molar-refractivity contribution in [3.8, 4) is 0 Å². The molecule has 0 radical (unpaired) electrons. The third-order valence-corrected chi connectivity index (χ3v) is 4.40. The fraction of sp³-hybridized carbons (Fsp3) is 0.471. The summed E-state index contributed by atoms with van der Waals surface area (Å²) in [6.45, 7) is 4.53. The molecule has 0 saturated heterocycles. The molecule has 138 valence electrons. The number of rotatable bonds is 9. The lowest BCUT2D eigenvalue weighted by Gasteiger charge is -2.11. The normalized spacial score (nSPS) is 12.5. The molecule has 0 spiro atoms. The quantitative estimate of drug-likeness (QED) is 0.305. The van der Waals surface area contributed by atoms with Crippen molar-refractivity contribution < 1.29 is 8.42 Å². The fourth-order valence-electron chi connectivity index (χ4n) is 2.52. The molecule has 0 fully saturated rings. The highest BCUT2D eigenvalue weighted by atomic mass is 32.2. The maximum atomic E-state index is 11.0. The Morgan fingerprint density at radius 2 is 2.00 bits per heavy atom. The molecule has 2 rings (SSSR count). The number of H-pyrrole nitrogens is 1. The van der Waals surface area contributed by atoms with Gasteiger partial charge < -0.3 is 15.6 Å². The van der Waals surface area contributed by atoms with E-state index in [-0.39, 0.29) is 0 Å². The average Bonchev–Trinajstić information content (AvgIpc) is 2.97. The summed E-state index contributed by atoms with van der Waals surface area (Å²) in [4.78, 5) is 7.75. The maximum absolute atomic E-state index is 11.0. The van der Waals surface area contributed by atoms with Crippen molar-refractivity contribution in [1.29, 1.82) is 0 Å². The molecule has 2 aromatic rings. The van der Waals surface area contributed by atoms with Crippen LogP contribution in [0.3, 0.4) is 0 Å². The zero-order chi connectivity index (χ0) is 18.1. The van der Waals surface area contributed by atoms with Crippen LogP contribution in [-0.4, -0.2) is 51.8 Å². The number of aromatic amines is 1. The number of nitrogens with one attached hydrogen (secondary N) is 4. The SMILES string of the molecule is CCNC(=NCCCNS(C)(=O)=O)NCCc1c[nH]c2ccccc12. The second kappa shape index (κ2) is 9.43. The Balaban J connectivity index is 1.79. The first kappa shape index (κ1) is 19.3. The van der Waals surface area contributed by atoms with Gasteiger partial charge in [0.05, 0.1) is 6.26 Å². The van der Waals surface area contributed by atoms with Gasteiger partial charge in [-0.25, -0.2) is 13.1 Å². The molecule has 0 atom stereocenters. The number of guanidine groups is 1. The van der Waals surface area contributed by atoms with Gasteiger partial charge in [0.25, 0.3) is 0 Å². The van der Waals surface area contributed by atoms with E-state index in [1.807, 2.05) is 25.3 Å². The average molecular weight is 366 g/mol. The van der Waals surface area contributed by atoms with Crippen molar-refractivity contribution >= 4 is 26.9 Å². The summed E-state index contributed by atoms with van der Waals surface area (Å²) in [6, 6.07) is 8.26. The second-order valence-corrected chi connectivity index (χ2v) is 7.65. The van der Waals surface area contributed by atoms with Crippen LogP contribution in [0.4, 0.5) is 0 Å². The van der Waals surface area contributed by atoms with E-state index in [9.17, 15) is 8.42 Å². The number of nitrogens with zero attached hydrogens (tertiary/aromatic N) is 1. The second-order valence-electron chi connectivity index (χ2n) is 5.82. The predicted octanol–water partition coefficient (Wildman–Crippen LogP) is 1.20. The van der Waals surface area contributed by atoms with E-state index in [4.69, 9.17) is 0 Å². The van der Waals surface area contributed by atoms with Gasteiger partial charge in [-0.1, -0.05) is 18.2 Å². The highest BCUT2D eigenvalue weighted by Crippen LogP contribution is 2.17. The van der Waals surface area contributed by atoms with Crippen molar-refractivity contribution in [2.45, 2.75) is 19.8 Å². The van der Waals surface area contributed by atoms with Crippen LogP contribution in [0.2, 0.25) is 0 Å². The zero-order valence-corrected chi connectivity index (χ0v) is 15.6. The van der Waals surface area contributed by atoms with Crippen molar-refractivity contribution in [2.24, 2.45) is 4.99 Å². The summed E-state index contributed by atoms with van der Waals surface area (Å²) in [5, 5.41) is 7.76. The Morgan fingerprint density at radius 1 is 1.20 bits per heavy atom. The summed E-state index contributed by atoms with van der Waals surface area (Å²) in [6.07, 6.45) is 4.76. The van der Waals surface area contributed by atoms with Crippen LogP contribution in [-0.2, 0) is 16.4 Å². The van der Waals surface area contributed by atoms with Crippen molar-refractivity contribution in [1.82, 2.24) is 20.3 Å². The van der Waals surface area contributed by atoms with Crippen molar-refractivity contribution in [3.05, 3.63) is 36.0 Å². The van der Waals surface area contributed by atoms with Crippen LogP contribution in [0.1, 0.15) is 18.9 Å². The van der Waals surface area contributed by atoms with Gasteiger partial charge >= 0.3 is 0 Å². The molecule has 0 unspecified atom stereocenters. The third kappa shape index (κ3) is 6.75. The Morgan fingerprint density at radius 3 is 2.76 bits per heavy atom. The van der Waals surface area contributed by atoms with E-state index in [0.717, 1.165) is 37.2 Å².